The molecular weight excluding hydrogens is 576 g/mol. The van der Waals surface area contributed by atoms with Gasteiger partial charge in [0.05, 0.1) is 7.11 Å². The fraction of sp³-hybridized carbons (Fsp3) is 0.853. The molecule has 2 aliphatic rings. The van der Waals surface area contributed by atoms with E-state index in [1.54, 1.807) is 34.6 Å². The number of alkyl carbamates (subject to hydrolysis) is 1. The van der Waals surface area contributed by atoms with Crippen LogP contribution in [0.4, 0.5) is 4.79 Å². The number of rotatable bonds is 10. The average Bonchev–Trinajstić information content (AvgIpc) is 2.92. The third-order valence-corrected chi connectivity index (χ3v) is 9.77. The summed E-state index contributed by atoms with van der Waals surface area (Å²) in [6.45, 7) is 20.8. The first-order chi connectivity index (χ1) is 20.7. The van der Waals surface area contributed by atoms with Gasteiger partial charge in [0.2, 0.25) is 17.7 Å². The lowest BCUT2D eigenvalue weighted by Crippen LogP contribution is -2.70. The number of esters is 1. The van der Waals surface area contributed by atoms with E-state index in [1.165, 1.54) is 7.11 Å². The van der Waals surface area contributed by atoms with Crippen molar-refractivity contribution >= 4 is 29.8 Å². The van der Waals surface area contributed by atoms with Gasteiger partial charge in [-0.25, -0.2) is 9.59 Å². The van der Waals surface area contributed by atoms with Gasteiger partial charge in [0.25, 0.3) is 0 Å². The Morgan fingerprint density at radius 3 is 1.53 bits per heavy atom. The van der Waals surface area contributed by atoms with E-state index in [1.807, 2.05) is 27.7 Å². The molecule has 0 radical (unpaired) electrons. The van der Waals surface area contributed by atoms with E-state index in [2.05, 4.69) is 35.1 Å². The molecule has 2 aliphatic carbocycles. The summed E-state index contributed by atoms with van der Waals surface area (Å²) < 4.78 is 10.4. The summed E-state index contributed by atoms with van der Waals surface area (Å²) in [7, 11) is 1.26. The van der Waals surface area contributed by atoms with E-state index in [-0.39, 0.29) is 23.7 Å². The van der Waals surface area contributed by atoms with Crippen molar-refractivity contribution < 1.29 is 33.4 Å². The van der Waals surface area contributed by atoms with Crippen molar-refractivity contribution in [2.75, 3.05) is 7.11 Å². The number of carbonyl (C=O) groups excluding carboxylic acids is 5. The Balaban J connectivity index is 2.42. The second-order valence-electron chi connectivity index (χ2n) is 15.4. The summed E-state index contributed by atoms with van der Waals surface area (Å²) in [6.07, 6.45) is 3.00. The third kappa shape index (κ3) is 9.35. The van der Waals surface area contributed by atoms with Crippen molar-refractivity contribution in [3.8, 4) is 0 Å². The zero-order chi connectivity index (χ0) is 34.5. The Labute approximate surface area is 270 Å². The van der Waals surface area contributed by atoms with Crippen molar-refractivity contribution in [2.45, 2.75) is 143 Å². The molecule has 45 heavy (non-hydrogen) atoms. The van der Waals surface area contributed by atoms with Crippen LogP contribution in [0.2, 0.25) is 0 Å². The molecule has 0 aromatic heterocycles. The monoisotopic (exact) mass is 636 g/mol. The zero-order valence-corrected chi connectivity index (χ0v) is 29.7. The summed E-state index contributed by atoms with van der Waals surface area (Å²) in [6, 6.07) is -1.92. The Bertz CT molecular complexity index is 1090. The molecule has 0 unspecified atom stereocenters. The minimum Gasteiger partial charge on any atom is -0.467 e. The van der Waals surface area contributed by atoms with Gasteiger partial charge >= 0.3 is 12.1 Å². The lowest BCUT2D eigenvalue weighted by atomic mass is 9.64. The Hall–Kier alpha value is -2.85. The standard InChI is InChI=1S/C34H60N4O7/c1-19(2)25-17-21(5)13-15-33(25,29(41)36-24(8)28(40)44-12)37-27(39)23(7)35-30(42)34(38-31(43)45-32(9,10)11)16-14-22(6)18-26(34)20(3)4/h19-26H,13-18H2,1-12H3,(H,35,42)(H,36,41)(H,37,39)(H,38,43)/t21-,22-,23+,24+,25-,26-,33-,34-/m0/s1. The van der Waals surface area contributed by atoms with Crippen molar-refractivity contribution in [3.05, 3.63) is 0 Å². The molecule has 4 amide bonds. The molecule has 0 aromatic rings. The molecule has 2 fully saturated rings. The molecule has 258 valence electrons. The number of ether oxygens (including phenoxy) is 2. The smallest absolute Gasteiger partial charge is 0.408 e. The first kappa shape index (κ1) is 38.3. The topological polar surface area (TPSA) is 152 Å². The largest absolute Gasteiger partial charge is 0.467 e. The van der Waals surface area contributed by atoms with Crippen LogP contribution in [-0.2, 0) is 28.7 Å². The number of amides is 4. The van der Waals surface area contributed by atoms with E-state index in [0.29, 0.717) is 31.1 Å². The predicted molar refractivity (Wildman–Crippen MR) is 173 cm³/mol. The van der Waals surface area contributed by atoms with Crippen LogP contribution in [0.15, 0.2) is 0 Å². The molecule has 4 N–H and O–H groups in total. The minimum atomic E-state index is -1.29. The maximum absolute atomic E-state index is 14.2. The van der Waals surface area contributed by atoms with Gasteiger partial charge in [-0.2, -0.15) is 0 Å². The summed E-state index contributed by atoms with van der Waals surface area (Å²) >= 11 is 0. The van der Waals surface area contributed by atoms with Gasteiger partial charge in [-0.1, -0.05) is 41.5 Å². The maximum Gasteiger partial charge on any atom is 0.408 e. The van der Waals surface area contributed by atoms with Gasteiger partial charge in [0, 0.05) is 0 Å². The van der Waals surface area contributed by atoms with Crippen LogP contribution >= 0.6 is 0 Å². The van der Waals surface area contributed by atoms with Gasteiger partial charge in [-0.05, 0) is 109 Å². The molecule has 11 heteroatoms. The van der Waals surface area contributed by atoms with Gasteiger partial charge < -0.3 is 30.7 Å². The van der Waals surface area contributed by atoms with Crippen molar-refractivity contribution in [3.63, 3.8) is 0 Å². The lowest BCUT2D eigenvalue weighted by molar-refractivity contribution is -0.148. The normalized spacial score (nSPS) is 30.1. The number of hydrogen-bond donors (Lipinski definition) is 4. The molecule has 2 rings (SSSR count). The second kappa shape index (κ2) is 15.2. The van der Waals surface area contributed by atoms with Gasteiger partial charge in [-0.3, -0.25) is 14.4 Å². The molecular formula is C34H60N4O7. The van der Waals surface area contributed by atoms with Crippen LogP contribution < -0.4 is 21.3 Å². The summed E-state index contributed by atoms with van der Waals surface area (Å²) in [5, 5.41) is 11.7. The van der Waals surface area contributed by atoms with Crippen LogP contribution in [0.25, 0.3) is 0 Å². The molecule has 0 bridgehead atoms. The second-order valence-corrected chi connectivity index (χ2v) is 15.4. The van der Waals surface area contributed by atoms with Crippen LogP contribution in [0, 0.1) is 35.5 Å². The van der Waals surface area contributed by atoms with Gasteiger partial charge in [0.15, 0.2) is 0 Å². The SMILES string of the molecule is COC(=O)[C@@H](C)NC(=O)[C@]1(NC(=O)[C@@H](C)NC(=O)[C@]2(NC(=O)OC(C)(C)C)CC[C@H](C)C[C@H]2C(C)C)CC[C@H](C)C[C@H]1C(C)C. The van der Waals surface area contributed by atoms with E-state index in [4.69, 9.17) is 9.47 Å². The lowest BCUT2D eigenvalue weighted by Gasteiger charge is -2.48. The molecule has 0 spiro atoms. The predicted octanol–water partition coefficient (Wildman–Crippen LogP) is 4.47. The van der Waals surface area contributed by atoms with Crippen molar-refractivity contribution in [1.82, 2.24) is 21.3 Å². The Kier molecular flexibility index (Phi) is 12.9. The molecule has 0 heterocycles. The number of hydrogen-bond acceptors (Lipinski definition) is 7. The van der Waals surface area contributed by atoms with E-state index in [9.17, 15) is 24.0 Å². The fourth-order valence-corrected chi connectivity index (χ4v) is 7.26. The first-order valence-electron chi connectivity index (χ1n) is 16.7. The van der Waals surface area contributed by atoms with Crippen molar-refractivity contribution in [2.24, 2.45) is 35.5 Å². The Morgan fingerprint density at radius 2 is 1.13 bits per heavy atom. The summed E-state index contributed by atoms with van der Waals surface area (Å²) in [5.74, 6) is -1.54. The van der Waals surface area contributed by atoms with E-state index >= 15 is 0 Å². The maximum atomic E-state index is 14.2. The van der Waals surface area contributed by atoms with Crippen LogP contribution in [-0.4, -0.2) is 65.7 Å². The highest BCUT2D eigenvalue weighted by molar-refractivity contribution is 5.98. The van der Waals surface area contributed by atoms with Crippen LogP contribution in [0.3, 0.4) is 0 Å². The first-order valence-corrected chi connectivity index (χ1v) is 16.7. The highest BCUT2D eigenvalue weighted by Crippen LogP contribution is 2.43. The Morgan fingerprint density at radius 1 is 0.711 bits per heavy atom. The highest BCUT2D eigenvalue weighted by atomic mass is 16.6. The molecule has 11 nitrogen and oxygen atoms in total. The van der Waals surface area contributed by atoms with Gasteiger partial charge in [0.1, 0.15) is 28.8 Å². The average molecular weight is 637 g/mol. The van der Waals surface area contributed by atoms with Crippen molar-refractivity contribution in [1.29, 1.82) is 0 Å². The summed E-state index contributed by atoms with van der Waals surface area (Å²) in [5.41, 5.74) is -3.32. The van der Waals surface area contributed by atoms with Crippen LogP contribution in [0.5, 0.6) is 0 Å². The number of carbonyl (C=O) groups is 5. The van der Waals surface area contributed by atoms with Crippen LogP contribution in [0.1, 0.15) is 115 Å². The number of methoxy groups -OCH3 is 1. The van der Waals surface area contributed by atoms with E-state index in [0.717, 1.165) is 19.3 Å². The highest BCUT2D eigenvalue weighted by Gasteiger charge is 2.54. The van der Waals surface area contributed by atoms with Gasteiger partial charge in [-0.15, -0.1) is 0 Å². The minimum absolute atomic E-state index is 0.0504. The van der Waals surface area contributed by atoms with E-state index < -0.39 is 58.5 Å². The molecule has 8 atom stereocenters. The number of nitrogens with one attached hydrogen (secondary N) is 4. The zero-order valence-electron chi connectivity index (χ0n) is 29.7. The fourth-order valence-electron chi connectivity index (χ4n) is 7.26. The molecule has 0 saturated heterocycles. The summed E-state index contributed by atoms with van der Waals surface area (Å²) in [4.78, 5) is 67.4. The molecule has 2 saturated carbocycles. The quantitative estimate of drug-likeness (QED) is 0.258. The molecule has 0 aliphatic heterocycles. The molecule has 0 aromatic carbocycles. The third-order valence-electron chi connectivity index (χ3n) is 9.77.